The average Bonchev–Trinajstić information content (AvgIpc) is 2.15. The third-order valence-corrected chi connectivity index (χ3v) is 1.69. The summed E-state index contributed by atoms with van der Waals surface area (Å²) in [6, 6.07) is 3.76. The van der Waals surface area contributed by atoms with Crippen molar-refractivity contribution in [2.75, 3.05) is 0 Å². The first kappa shape index (κ1) is 9.65. The Morgan fingerprint density at radius 3 is 2.85 bits per heavy atom. The Hall–Kier alpha value is -1.44. The molecule has 68 valence electrons. The first-order chi connectivity index (χ1) is 6.20. The van der Waals surface area contributed by atoms with Crippen molar-refractivity contribution in [2.45, 2.75) is 13.8 Å². The number of hydrogen-bond acceptors (Lipinski definition) is 2. The van der Waals surface area contributed by atoms with E-state index in [-0.39, 0.29) is 11.7 Å². The maximum atomic E-state index is 11.2. The first-order valence-electron chi connectivity index (χ1n) is 4.32. The van der Waals surface area contributed by atoms with Crippen molar-refractivity contribution in [1.82, 2.24) is 4.98 Å². The van der Waals surface area contributed by atoms with Crippen LogP contribution in [0.1, 0.15) is 19.4 Å². The topological polar surface area (TPSA) is 30.0 Å². The van der Waals surface area contributed by atoms with Gasteiger partial charge in [0, 0.05) is 18.3 Å². The van der Waals surface area contributed by atoms with Gasteiger partial charge in [-0.2, -0.15) is 0 Å². The van der Waals surface area contributed by atoms with Gasteiger partial charge >= 0.3 is 0 Å². The van der Waals surface area contributed by atoms with Crippen LogP contribution in [-0.2, 0) is 4.79 Å². The van der Waals surface area contributed by atoms with Gasteiger partial charge in [-0.1, -0.05) is 19.9 Å². The molecule has 0 unspecified atom stereocenters. The van der Waals surface area contributed by atoms with E-state index < -0.39 is 0 Å². The smallest absolute Gasteiger partial charge is 0.158 e. The van der Waals surface area contributed by atoms with Crippen LogP contribution in [0.25, 0.3) is 6.08 Å². The lowest BCUT2D eigenvalue weighted by molar-refractivity contribution is -0.117. The number of aromatic nitrogens is 1. The van der Waals surface area contributed by atoms with Crippen molar-refractivity contribution in [3.63, 3.8) is 0 Å². The minimum atomic E-state index is 0.0629. The maximum absolute atomic E-state index is 11.2. The first-order valence-corrected chi connectivity index (χ1v) is 4.32. The van der Waals surface area contributed by atoms with Crippen molar-refractivity contribution in [3.8, 4) is 0 Å². The molecule has 0 saturated carbocycles. The minimum Gasteiger partial charge on any atom is -0.295 e. The second kappa shape index (κ2) is 4.55. The number of allylic oxidation sites excluding steroid dienone is 1. The van der Waals surface area contributed by atoms with E-state index in [0.29, 0.717) is 0 Å². The number of carbonyl (C=O) groups is 1. The normalized spacial score (nSPS) is 11.0. The summed E-state index contributed by atoms with van der Waals surface area (Å²) in [7, 11) is 0. The van der Waals surface area contributed by atoms with E-state index in [1.54, 1.807) is 24.5 Å². The van der Waals surface area contributed by atoms with Gasteiger partial charge in [0.15, 0.2) is 5.78 Å². The van der Waals surface area contributed by atoms with Gasteiger partial charge in [-0.15, -0.1) is 0 Å². The van der Waals surface area contributed by atoms with E-state index in [0.717, 1.165) is 5.56 Å². The van der Waals surface area contributed by atoms with Crippen molar-refractivity contribution >= 4 is 11.9 Å². The van der Waals surface area contributed by atoms with Gasteiger partial charge in [0.2, 0.25) is 0 Å². The number of hydrogen-bond donors (Lipinski definition) is 0. The molecule has 0 fully saturated rings. The standard InChI is InChI=1S/C11H13NO/c1-9(2)11(13)6-5-10-4-3-7-12-8-10/h3-9H,1-2H3/b6-5+. The lowest BCUT2D eigenvalue weighted by Crippen LogP contribution is -2.01. The summed E-state index contributed by atoms with van der Waals surface area (Å²) >= 11 is 0. The van der Waals surface area contributed by atoms with Crippen LogP contribution in [0.2, 0.25) is 0 Å². The molecule has 0 N–H and O–H groups in total. The molecular formula is C11H13NO. The number of rotatable bonds is 3. The van der Waals surface area contributed by atoms with E-state index >= 15 is 0 Å². The minimum absolute atomic E-state index is 0.0629. The van der Waals surface area contributed by atoms with E-state index in [9.17, 15) is 4.79 Å². The van der Waals surface area contributed by atoms with Crippen LogP contribution in [0.4, 0.5) is 0 Å². The van der Waals surface area contributed by atoms with Crippen LogP contribution in [-0.4, -0.2) is 10.8 Å². The Kier molecular flexibility index (Phi) is 3.38. The third kappa shape index (κ3) is 3.20. The molecule has 0 aliphatic carbocycles. The highest BCUT2D eigenvalue weighted by atomic mass is 16.1. The van der Waals surface area contributed by atoms with Crippen molar-refractivity contribution in [3.05, 3.63) is 36.2 Å². The Balaban J connectivity index is 2.64. The summed E-state index contributed by atoms with van der Waals surface area (Å²) in [6.45, 7) is 3.77. The average molecular weight is 175 g/mol. The summed E-state index contributed by atoms with van der Waals surface area (Å²) in [6.07, 6.45) is 6.82. The largest absolute Gasteiger partial charge is 0.295 e. The highest BCUT2D eigenvalue weighted by Gasteiger charge is 2.00. The second-order valence-electron chi connectivity index (χ2n) is 3.18. The molecular weight excluding hydrogens is 162 g/mol. The van der Waals surface area contributed by atoms with Crippen molar-refractivity contribution < 1.29 is 4.79 Å². The van der Waals surface area contributed by atoms with Crippen LogP contribution in [0.15, 0.2) is 30.6 Å². The van der Waals surface area contributed by atoms with Crippen molar-refractivity contribution in [2.24, 2.45) is 5.92 Å². The van der Waals surface area contributed by atoms with E-state index in [1.165, 1.54) is 0 Å². The molecule has 1 heterocycles. The molecule has 1 aromatic heterocycles. The molecule has 0 spiro atoms. The quantitative estimate of drug-likeness (QED) is 0.660. The summed E-state index contributed by atoms with van der Waals surface area (Å²) < 4.78 is 0. The van der Waals surface area contributed by atoms with Gasteiger partial charge < -0.3 is 0 Å². The molecule has 1 rings (SSSR count). The predicted molar refractivity (Wildman–Crippen MR) is 53.1 cm³/mol. The highest BCUT2D eigenvalue weighted by Crippen LogP contribution is 2.01. The molecule has 0 radical (unpaired) electrons. The lowest BCUT2D eigenvalue weighted by atomic mass is 10.1. The Morgan fingerprint density at radius 1 is 1.54 bits per heavy atom. The molecule has 0 aliphatic heterocycles. The predicted octanol–water partition coefficient (Wildman–Crippen LogP) is 2.32. The molecule has 13 heavy (non-hydrogen) atoms. The summed E-state index contributed by atoms with van der Waals surface area (Å²) in [4.78, 5) is 15.2. The van der Waals surface area contributed by atoms with E-state index in [4.69, 9.17) is 0 Å². The van der Waals surface area contributed by atoms with E-state index in [1.807, 2.05) is 26.0 Å². The van der Waals surface area contributed by atoms with Crippen LogP contribution in [0.5, 0.6) is 0 Å². The maximum Gasteiger partial charge on any atom is 0.158 e. The van der Waals surface area contributed by atoms with Crippen LogP contribution in [0.3, 0.4) is 0 Å². The van der Waals surface area contributed by atoms with Crippen LogP contribution >= 0.6 is 0 Å². The fourth-order valence-corrected chi connectivity index (χ4v) is 0.845. The fraction of sp³-hybridized carbons (Fsp3) is 0.273. The van der Waals surface area contributed by atoms with Gasteiger partial charge in [-0.05, 0) is 23.8 Å². The molecule has 2 heteroatoms. The summed E-state index contributed by atoms with van der Waals surface area (Å²) in [5, 5.41) is 0. The van der Waals surface area contributed by atoms with Crippen LogP contribution < -0.4 is 0 Å². The molecule has 0 amide bonds. The lowest BCUT2D eigenvalue weighted by Gasteiger charge is -1.96. The Labute approximate surface area is 78.3 Å². The van der Waals surface area contributed by atoms with Crippen molar-refractivity contribution in [1.29, 1.82) is 0 Å². The molecule has 0 atom stereocenters. The number of carbonyl (C=O) groups excluding carboxylic acids is 1. The molecule has 2 nitrogen and oxygen atoms in total. The Bertz CT molecular complexity index is 301. The highest BCUT2D eigenvalue weighted by molar-refractivity contribution is 5.94. The molecule has 0 aromatic carbocycles. The van der Waals surface area contributed by atoms with Gasteiger partial charge in [0.05, 0.1) is 0 Å². The zero-order valence-corrected chi connectivity index (χ0v) is 7.90. The van der Waals surface area contributed by atoms with Gasteiger partial charge in [-0.3, -0.25) is 9.78 Å². The number of ketones is 1. The SMILES string of the molecule is CC(C)C(=O)/C=C/c1cccnc1. The zero-order chi connectivity index (χ0) is 9.68. The monoisotopic (exact) mass is 175 g/mol. The zero-order valence-electron chi connectivity index (χ0n) is 7.90. The molecule has 0 aliphatic rings. The third-order valence-electron chi connectivity index (χ3n) is 1.69. The van der Waals surface area contributed by atoms with Gasteiger partial charge in [-0.25, -0.2) is 0 Å². The number of nitrogens with zero attached hydrogens (tertiary/aromatic N) is 1. The Morgan fingerprint density at radius 2 is 2.31 bits per heavy atom. The molecule has 0 bridgehead atoms. The van der Waals surface area contributed by atoms with E-state index in [2.05, 4.69) is 4.98 Å². The van der Waals surface area contributed by atoms with Gasteiger partial charge in [0.25, 0.3) is 0 Å². The number of pyridine rings is 1. The fourth-order valence-electron chi connectivity index (χ4n) is 0.845. The summed E-state index contributed by atoms with van der Waals surface area (Å²) in [5.74, 6) is 0.205. The molecule has 0 saturated heterocycles. The van der Waals surface area contributed by atoms with Gasteiger partial charge in [0.1, 0.15) is 0 Å². The van der Waals surface area contributed by atoms with Crippen LogP contribution in [0, 0.1) is 5.92 Å². The molecule has 1 aromatic rings. The second-order valence-corrected chi connectivity index (χ2v) is 3.18. The summed E-state index contributed by atoms with van der Waals surface area (Å²) in [5.41, 5.74) is 0.955.